The summed E-state index contributed by atoms with van der Waals surface area (Å²) in [6.45, 7) is 3.11. The molecule has 0 atom stereocenters. The number of hydrogen-bond donors (Lipinski definition) is 0. The van der Waals surface area contributed by atoms with Crippen molar-refractivity contribution in [2.75, 3.05) is 7.05 Å². The van der Waals surface area contributed by atoms with Crippen LogP contribution in [0.15, 0.2) is 12.4 Å². The molecule has 0 aliphatic heterocycles. The summed E-state index contributed by atoms with van der Waals surface area (Å²) in [7, 11) is 3.50. The number of amides is 1. The van der Waals surface area contributed by atoms with Crippen molar-refractivity contribution in [2.45, 2.75) is 20.0 Å². The summed E-state index contributed by atoms with van der Waals surface area (Å²) in [5, 5.41) is 8.83. The average molecular weight is 408 g/mol. The van der Waals surface area contributed by atoms with Gasteiger partial charge in [0.2, 0.25) is 0 Å². The largest absolute Gasteiger partial charge is 0.334 e. The van der Waals surface area contributed by atoms with Gasteiger partial charge in [0, 0.05) is 20.6 Å². The summed E-state index contributed by atoms with van der Waals surface area (Å²) < 4.78 is 4.21. The average Bonchev–Trinajstić information content (AvgIpc) is 2.93. The summed E-state index contributed by atoms with van der Waals surface area (Å²) in [6.07, 6.45) is 3.28. The van der Waals surface area contributed by atoms with Gasteiger partial charge in [-0.1, -0.05) is 11.6 Å². The smallest absolute Gasteiger partial charge is 0.273 e. The van der Waals surface area contributed by atoms with Crippen LogP contribution in [0.2, 0.25) is 5.02 Å². The fourth-order valence-corrected chi connectivity index (χ4v) is 2.85. The van der Waals surface area contributed by atoms with E-state index < -0.39 is 0 Å². The summed E-state index contributed by atoms with van der Waals surface area (Å²) in [6, 6.07) is 0. The topological polar surface area (TPSA) is 56.0 Å². The minimum absolute atomic E-state index is 0.0886. The first kappa shape index (κ1) is 15.3. The number of halogens is 2. The van der Waals surface area contributed by atoms with E-state index in [1.165, 1.54) is 0 Å². The van der Waals surface area contributed by atoms with E-state index in [4.69, 9.17) is 11.6 Å². The molecule has 0 aliphatic carbocycles. The highest BCUT2D eigenvalue weighted by atomic mass is 127. The third kappa shape index (κ3) is 2.83. The summed E-state index contributed by atoms with van der Waals surface area (Å²) in [4.78, 5) is 14.1. The summed E-state index contributed by atoms with van der Waals surface area (Å²) >= 11 is 8.23. The van der Waals surface area contributed by atoms with E-state index >= 15 is 0 Å². The van der Waals surface area contributed by atoms with Gasteiger partial charge in [0.05, 0.1) is 33.2 Å². The van der Waals surface area contributed by atoms with Crippen molar-refractivity contribution in [2.24, 2.45) is 7.05 Å². The molecule has 0 saturated carbocycles. The molecular formula is C12H15ClIN5O. The van der Waals surface area contributed by atoms with Crippen LogP contribution in [0.25, 0.3) is 0 Å². The second kappa shape index (κ2) is 6.13. The Kier molecular flexibility index (Phi) is 4.69. The molecule has 0 saturated heterocycles. The molecule has 8 heteroatoms. The predicted molar refractivity (Wildman–Crippen MR) is 84.6 cm³/mol. The molecule has 108 valence electrons. The molecule has 0 aliphatic rings. The first-order valence-corrected chi connectivity index (χ1v) is 7.54. The molecule has 0 bridgehead atoms. The Morgan fingerprint density at radius 1 is 1.45 bits per heavy atom. The molecule has 0 unspecified atom stereocenters. The minimum atomic E-state index is -0.0886. The van der Waals surface area contributed by atoms with Crippen LogP contribution in [0.1, 0.15) is 23.1 Å². The quantitative estimate of drug-likeness (QED) is 0.730. The maximum Gasteiger partial charge on any atom is 0.273 e. The van der Waals surface area contributed by atoms with Gasteiger partial charge in [0.25, 0.3) is 5.91 Å². The van der Waals surface area contributed by atoms with Gasteiger partial charge in [-0.2, -0.15) is 10.2 Å². The second-order valence-corrected chi connectivity index (χ2v) is 5.95. The zero-order valence-corrected chi connectivity index (χ0v) is 14.4. The fourth-order valence-electron chi connectivity index (χ4n) is 1.95. The van der Waals surface area contributed by atoms with E-state index in [0.717, 1.165) is 9.26 Å². The normalized spacial score (nSPS) is 10.8. The van der Waals surface area contributed by atoms with Crippen molar-refractivity contribution in [3.63, 3.8) is 0 Å². The third-order valence-electron chi connectivity index (χ3n) is 3.03. The van der Waals surface area contributed by atoms with Crippen molar-refractivity contribution in [3.8, 4) is 0 Å². The van der Waals surface area contributed by atoms with Gasteiger partial charge in [0.15, 0.2) is 0 Å². The monoisotopic (exact) mass is 407 g/mol. The molecule has 6 nitrogen and oxygen atoms in total. The van der Waals surface area contributed by atoms with Gasteiger partial charge < -0.3 is 4.90 Å². The SMILES string of the molecule is CCn1ncc(Cl)c1CN(C)C(=O)c1c(I)cnn1C. The van der Waals surface area contributed by atoms with Crippen molar-refractivity contribution >= 4 is 40.1 Å². The minimum Gasteiger partial charge on any atom is -0.334 e. The van der Waals surface area contributed by atoms with Gasteiger partial charge in [-0.25, -0.2) is 0 Å². The van der Waals surface area contributed by atoms with E-state index in [2.05, 4.69) is 32.8 Å². The zero-order valence-electron chi connectivity index (χ0n) is 11.5. The van der Waals surface area contributed by atoms with Crippen LogP contribution < -0.4 is 0 Å². The number of hydrogen-bond acceptors (Lipinski definition) is 3. The number of carbonyl (C=O) groups excluding carboxylic acids is 1. The van der Waals surface area contributed by atoms with Crippen LogP contribution in [0, 0.1) is 3.57 Å². The van der Waals surface area contributed by atoms with Crippen LogP contribution in [0.4, 0.5) is 0 Å². The number of carbonyl (C=O) groups is 1. The van der Waals surface area contributed by atoms with E-state index in [1.807, 2.05) is 6.92 Å². The standard InChI is InChI=1S/C12H15ClIN5O/c1-4-19-10(8(13)5-16-19)7-17(2)12(20)11-9(14)6-15-18(11)3/h5-6H,4,7H2,1-3H3. The predicted octanol–water partition coefficient (Wildman–Crippen LogP) is 2.17. The maximum atomic E-state index is 12.5. The lowest BCUT2D eigenvalue weighted by Crippen LogP contribution is -2.29. The van der Waals surface area contributed by atoms with Crippen LogP contribution in [0.5, 0.6) is 0 Å². The Bertz CT molecular complexity index is 616. The van der Waals surface area contributed by atoms with Gasteiger partial charge in [0.1, 0.15) is 5.69 Å². The van der Waals surface area contributed by atoms with Gasteiger partial charge in [-0.05, 0) is 29.5 Å². The highest BCUT2D eigenvalue weighted by Gasteiger charge is 2.21. The molecule has 0 N–H and O–H groups in total. The highest BCUT2D eigenvalue weighted by molar-refractivity contribution is 14.1. The Morgan fingerprint density at radius 3 is 2.70 bits per heavy atom. The molecule has 0 spiro atoms. The first-order chi connectivity index (χ1) is 9.45. The van der Waals surface area contributed by atoms with E-state index in [9.17, 15) is 4.79 Å². The number of rotatable bonds is 4. The molecule has 0 fully saturated rings. The zero-order chi connectivity index (χ0) is 14.9. The second-order valence-electron chi connectivity index (χ2n) is 4.38. The van der Waals surface area contributed by atoms with E-state index in [0.29, 0.717) is 23.8 Å². The van der Waals surface area contributed by atoms with Crippen LogP contribution in [-0.4, -0.2) is 37.4 Å². The van der Waals surface area contributed by atoms with E-state index in [-0.39, 0.29) is 5.91 Å². The van der Waals surface area contributed by atoms with Gasteiger partial charge in [-0.3, -0.25) is 14.2 Å². The lowest BCUT2D eigenvalue weighted by atomic mass is 10.3. The first-order valence-electron chi connectivity index (χ1n) is 6.08. The summed E-state index contributed by atoms with van der Waals surface area (Å²) in [5.41, 5.74) is 1.41. The Balaban J connectivity index is 2.22. The molecule has 0 aromatic carbocycles. The molecule has 1 amide bonds. The lowest BCUT2D eigenvalue weighted by Gasteiger charge is -2.18. The van der Waals surface area contributed by atoms with Crippen molar-refractivity contribution in [3.05, 3.63) is 32.4 Å². The third-order valence-corrected chi connectivity index (χ3v) is 4.13. The molecule has 0 radical (unpaired) electrons. The molecule has 2 aromatic rings. The molecule has 2 rings (SSSR count). The summed E-state index contributed by atoms with van der Waals surface area (Å²) in [5.74, 6) is -0.0886. The van der Waals surface area contributed by atoms with Crippen molar-refractivity contribution < 1.29 is 4.79 Å². The number of nitrogens with zero attached hydrogens (tertiary/aromatic N) is 5. The van der Waals surface area contributed by atoms with Crippen molar-refractivity contribution in [1.82, 2.24) is 24.5 Å². The van der Waals surface area contributed by atoms with Gasteiger partial charge in [-0.15, -0.1) is 0 Å². The van der Waals surface area contributed by atoms with Gasteiger partial charge >= 0.3 is 0 Å². The fraction of sp³-hybridized carbons (Fsp3) is 0.417. The lowest BCUT2D eigenvalue weighted by molar-refractivity contribution is 0.0769. The number of aromatic nitrogens is 4. The van der Waals surface area contributed by atoms with Crippen molar-refractivity contribution in [1.29, 1.82) is 0 Å². The maximum absolute atomic E-state index is 12.5. The Hall–Kier alpha value is -1.09. The van der Waals surface area contributed by atoms with Crippen LogP contribution in [0.3, 0.4) is 0 Å². The highest BCUT2D eigenvalue weighted by Crippen LogP contribution is 2.19. The Morgan fingerprint density at radius 2 is 2.15 bits per heavy atom. The molecule has 20 heavy (non-hydrogen) atoms. The van der Waals surface area contributed by atoms with Crippen LogP contribution >= 0.6 is 34.2 Å². The molecule has 2 aromatic heterocycles. The number of aryl methyl sites for hydroxylation is 2. The Labute approximate surface area is 135 Å². The molecule has 2 heterocycles. The van der Waals surface area contributed by atoms with Crippen LogP contribution in [-0.2, 0) is 20.1 Å². The van der Waals surface area contributed by atoms with E-state index in [1.54, 1.807) is 40.8 Å². The molecular weight excluding hydrogens is 393 g/mol.